The first kappa shape index (κ1) is 64.1. The molecule has 16 aromatic carbocycles. The summed E-state index contributed by atoms with van der Waals surface area (Å²) in [5.74, 6) is 4.34. The molecule has 2 aliphatic heterocycles. The highest BCUT2D eigenvalue weighted by atomic mass is 16.5. The predicted octanol–water partition coefficient (Wildman–Crippen LogP) is 26.8. The molecule has 2 spiro atoms. The third-order valence-electron chi connectivity index (χ3n) is 23.7. The number of aromatic nitrogens is 4. The highest BCUT2D eigenvalue weighted by Gasteiger charge is 2.53. The fraction of sp³-hybridized carbons (Fsp3) is 0.0189. The van der Waals surface area contributed by atoms with Crippen molar-refractivity contribution in [2.75, 3.05) is 0 Å². The monoisotopic (exact) mass is 1440 g/mol. The maximum absolute atomic E-state index is 7.30. The molecule has 0 bridgehead atoms. The molecule has 7 heteroatoms. The Balaban J connectivity index is 0.644. The molecule has 5 heterocycles. The van der Waals surface area contributed by atoms with Gasteiger partial charge in [-0.15, -0.1) is 0 Å². The molecule has 4 aliphatic rings. The molecule has 113 heavy (non-hydrogen) atoms. The second-order valence-electron chi connectivity index (χ2n) is 29.7. The van der Waals surface area contributed by atoms with E-state index in [4.69, 9.17) is 33.8 Å². The van der Waals surface area contributed by atoms with Crippen molar-refractivity contribution >= 4 is 21.9 Å². The Labute approximate surface area is 652 Å². The van der Waals surface area contributed by atoms with E-state index in [2.05, 4.69) is 376 Å². The lowest BCUT2D eigenvalue weighted by molar-refractivity contribution is 0.437. The number of hydrogen-bond acceptors (Lipinski definition) is 7. The second kappa shape index (κ2) is 25.3. The van der Waals surface area contributed by atoms with Crippen molar-refractivity contribution in [3.05, 3.63) is 433 Å². The molecule has 0 unspecified atom stereocenters. The van der Waals surface area contributed by atoms with Gasteiger partial charge in [0.15, 0.2) is 11.6 Å². The van der Waals surface area contributed by atoms with Crippen LogP contribution in [0.2, 0.25) is 0 Å². The van der Waals surface area contributed by atoms with Crippen LogP contribution in [0.3, 0.4) is 0 Å². The molecule has 0 fully saturated rings. The van der Waals surface area contributed by atoms with E-state index in [0.717, 1.165) is 168 Å². The number of rotatable bonds is 10. The van der Waals surface area contributed by atoms with Gasteiger partial charge in [-0.2, -0.15) is 0 Å². The number of para-hydroxylation sites is 6. The van der Waals surface area contributed by atoms with Crippen molar-refractivity contribution in [3.8, 4) is 158 Å². The maximum Gasteiger partial charge on any atom is 0.160 e. The Bertz CT molecular complexity index is 7070. The Morgan fingerprint density at radius 1 is 0.195 bits per heavy atom. The van der Waals surface area contributed by atoms with Gasteiger partial charge < -0.3 is 13.9 Å². The quantitative estimate of drug-likeness (QED) is 0.135. The molecule has 7 nitrogen and oxygen atoms in total. The summed E-state index contributed by atoms with van der Waals surface area (Å²) in [5, 5.41) is 2.18. The van der Waals surface area contributed by atoms with E-state index in [-0.39, 0.29) is 0 Å². The fourth-order valence-corrected chi connectivity index (χ4v) is 18.7. The van der Waals surface area contributed by atoms with Crippen LogP contribution in [0.15, 0.2) is 393 Å². The Morgan fingerprint density at radius 2 is 0.522 bits per heavy atom. The molecule has 526 valence electrons. The molecule has 0 atom stereocenters. The Morgan fingerprint density at radius 3 is 1.04 bits per heavy atom. The van der Waals surface area contributed by atoms with E-state index in [1.165, 1.54) is 44.5 Å². The third-order valence-corrected chi connectivity index (χ3v) is 23.7. The SMILES string of the molecule is c1ccc(-c2cccc(-c3nc(-c4cccc(-c5cccc(-c6cccc(-c7nc(-c8ccc(-c9cccc%10c9oc9ccccc9%10)cc8)cc(-c8cccc9c8Oc8ccccc8C98c9ccccc9-c9ccccc98)n7)c6)c5)c4)cc(-c4cccc5c4Oc4ccccc4C54c5ccccc5-c5ccccc54)n3)c2)cc1. The molecular weight excluding hydrogens is 1380 g/mol. The maximum atomic E-state index is 7.30. The van der Waals surface area contributed by atoms with Crippen molar-refractivity contribution in [3.63, 3.8) is 0 Å². The van der Waals surface area contributed by atoms with Crippen molar-refractivity contribution in [1.29, 1.82) is 0 Å². The van der Waals surface area contributed by atoms with Crippen LogP contribution < -0.4 is 9.47 Å². The van der Waals surface area contributed by atoms with Gasteiger partial charge in [0.2, 0.25) is 0 Å². The smallest absolute Gasteiger partial charge is 0.160 e. The van der Waals surface area contributed by atoms with Gasteiger partial charge in [0.1, 0.15) is 34.2 Å². The van der Waals surface area contributed by atoms with E-state index >= 15 is 0 Å². The normalized spacial score (nSPS) is 13.2. The third kappa shape index (κ3) is 9.88. The Kier molecular flexibility index (Phi) is 14.4. The van der Waals surface area contributed by atoms with Gasteiger partial charge in [0.25, 0.3) is 0 Å². The van der Waals surface area contributed by atoms with Crippen LogP contribution in [0.4, 0.5) is 0 Å². The number of fused-ring (bicyclic) bond motifs is 21. The fourth-order valence-electron chi connectivity index (χ4n) is 18.7. The van der Waals surface area contributed by atoms with E-state index in [0.29, 0.717) is 11.6 Å². The predicted molar refractivity (Wildman–Crippen MR) is 454 cm³/mol. The zero-order valence-corrected chi connectivity index (χ0v) is 61.0. The lowest BCUT2D eigenvalue weighted by atomic mass is 9.65. The first-order valence-corrected chi connectivity index (χ1v) is 38.5. The molecule has 0 saturated carbocycles. The van der Waals surface area contributed by atoms with Gasteiger partial charge in [-0.1, -0.05) is 322 Å². The lowest BCUT2D eigenvalue weighted by Crippen LogP contribution is -2.32. The topological polar surface area (TPSA) is 83.2 Å². The van der Waals surface area contributed by atoms with Crippen LogP contribution in [0.5, 0.6) is 23.0 Å². The van der Waals surface area contributed by atoms with Gasteiger partial charge in [0, 0.05) is 72.0 Å². The summed E-state index contributed by atoms with van der Waals surface area (Å²) in [4.78, 5) is 22.3. The minimum Gasteiger partial charge on any atom is -0.456 e. The zero-order chi connectivity index (χ0) is 74.3. The average molecular weight is 1440 g/mol. The van der Waals surface area contributed by atoms with Gasteiger partial charge in [-0.05, 0) is 150 Å². The molecule has 3 aromatic heterocycles. The highest BCUT2D eigenvalue weighted by Crippen LogP contribution is 2.65. The van der Waals surface area contributed by atoms with Gasteiger partial charge in [-0.25, -0.2) is 19.9 Å². The van der Waals surface area contributed by atoms with Crippen molar-refractivity contribution in [2.45, 2.75) is 10.8 Å². The Hall–Kier alpha value is -14.9. The molecule has 0 radical (unpaired) electrons. The van der Waals surface area contributed by atoms with Crippen molar-refractivity contribution < 1.29 is 13.9 Å². The number of hydrogen-bond donors (Lipinski definition) is 0. The molecule has 0 saturated heterocycles. The van der Waals surface area contributed by atoms with Crippen LogP contribution in [-0.4, -0.2) is 19.9 Å². The first-order chi connectivity index (χ1) is 56.0. The summed E-state index contributed by atoms with van der Waals surface area (Å²) < 4.78 is 21.1. The van der Waals surface area contributed by atoms with Crippen LogP contribution in [0.1, 0.15) is 44.5 Å². The van der Waals surface area contributed by atoms with E-state index in [9.17, 15) is 0 Å². The first-order valence-electron chi connectivity index (χ1n) is 38.5. The molecule has 23 rings (SSSR count). The molecule has 0 N–H and O–H groups in total. The number of ether oxygens (including phenoxy) is 2. The summed E-state index contributed by atoms with van der Waals surface area (Å²) >= 11 is 0. The molecule has 2 aliphatic carbocycles. The minimum absolute atomic E-state index is 0.580. The number of nitrogens with zero attached hydrogens (tertiary/aromatic N) is 4. The van der Waals surface area contributed by atoms with Crippen molar-refractivity contribution in [1.82, 2.24) is 19.9 Å². The molecule has 19 aromatic rings. The van der Waals surface area contributed by atoms with E-state index in [1.54, 1.807) is 0 Å². The van der Waals surface area contributed by atoms with Gasteiger partial charge in [-0.3, -0.25) is 0 Å². The summed E-state index contributed by atoms with van der Waals surface area (Å²) in [6.45, 7) is 0. The highest BCUT2D eigenvalue weighted by molar-refractivity contribution is 6.09. The minimum atomic E-state index is -0.664. The molecular formula is C106H64N4O3. The van der Waals surface area contributed by atoms with Crippen LogP contribution in [0.25, 0.3) is 157 Å². The van der Waals surface area contributed by atoms with E-state index in [1.807, 2.05) is 12.1 Å². The molecule has 0 amide bonds. The van der Waals surface area contributed by atoms with Crippen LogP contribution >= 0.6 is 0 Å². The summed E-state index contributed by atoms with van der Waals surface area (Å²) in [6, 6.07) is 138. The second-order valence-corrected chi connectivity index (χ2v) is 29.7. The van der Waals surface area contributed by atoms with Crippen LogP contribution in [-0.2, 0) is 10.8 Å². The summed E-state index contributed by atoms with van der Waals surface area (Å²) in [6.07, 6.45) is 0. The largest absolute Gasteiger partial charge is 0.456 e. The van der Waals surface area contributed by atoms with Crippen LogP contribution in [0, 0.1) is 0 Å². The summed E-state index contributed by atoms with van der Waals surface area (Å²) in [5.41, 5.74) is 31.4. The number of furan rings is 1. The standard InChI is InChI=1S/C106H64N4O3/c1-2-25-65(26-3-1)68-27-20-33-74(61-68)104-108-94(64-96(110-104)84-43-24-51-92-102(84)113-99-54-17-14-49-90(99)106(92)87-46-11-6-37-79(87)80-38-7-12-47-88(80)106)73-32-19-30-71(60-73)69-28-18-29-70(59-69)72-31-21-34-75(62-72)103-107-93(67-57-55-66(56-58-67)76-40-22-41-82-81-39-8-15-52-97(81)111-100(76)82)63-95(109-103)83-42-23-50-91-101(83)112-98-53-16-13-48-89(98)105(91)85-44-9-4-35-77(85)78-36-5-10-45-86(78)105/h1-64H. The van der Waals surface area contributed by atoms with E-state index < -0.39 is 10.8 Å². The zero-order valence-electron chi connectivity index (χ0n) is 61.0. The van der Waals surface area contributed by atoms with Crippen molar-refractivity contribution in [2.24, 2.45) is 0 Å². The summed E-state index contributed by atoms with van der Waals surface area (Å²) in [7, 11) is 0. The van der Waals surface area contributed by atoms with Gasteiger partial charge >= 0.3 is 0 Å². The van der Waals surface area contributed by atoms with Gasteiger partial charge in [0.05, 0.1) is 33.6 Å². The average Bonchev–Trinajstić information content (AvgIpc) is 1.55. The lowest BCUT2D eigenvalue weighted by Gasteiger charge is -2.40. The number of benzene rings is 16.